The van der Waals surface area contributed by atoms with Gasteiger partial charge in [0.25, 0.3) is 0 Å². The summed E-state index contributed by atoms with van der Waals surface area (Å²) in [5, 5.41) is 3.13. The summed E-state index contributed by atoms with van der Waals surface area (Å²) in [5.74, 6) is 1.50. The number of allylic oxidation sites excluding steroid dienone is 1. The van der Waals surface area contributed by atoms with Crippen molar-refractivity contribution in [1.82, 2.24) is 10.2 Å². The molecule has 0 saturated carbocycles. The van der Waals surface area contributed by atoms with Crippen LogP contribution >= 0.6 is 0 Å². The van der Waals surface area contributed by atoms with Gasteiger partial charge in [-0.15, -0.1) is 0 Å². The SMILES string of the molecule is COc1ccc(CN(C(=O)Cc2ccc(OC)c(OC)c2)[C@@H](C(=O)NCCC2=CCCCC2)c2ccccc2)cc1. The van der Waals surface area contributed by atoms with Gasteiger partial charge in [0.05, 0.1) is 27.8 Å². The molecule has 216 valence electrons. The predicted octanol–water partition coefficient (Wildman–Crippen LogP) is 6.03. The molecule has 0 unspecified atom stereocenters. The van der Waals surface area contributed by atoms with Crippen LogP contribution in [0.15, 0.2) is 84.4 Å². The summed E-state index contributed by atoms with van der Waals surface area (Å²) in [5.41, 5.74) is 3.82. The molecular weight excluding hydrogens is 516 g/mol. The number of benzene rings is 3. The Kier molecular flexibility index (Phi) is 10.8. The van der Waals surface area contributed by atoms with Crippen molar-refractivity contribution >= 4 is 11.8 Å². The molecule has 3 aromatic carbocycles. The van der Waals surface area contributed by atoms with Crippen molar-refractivity contribution in [2.24, 2.45) is 0 Å². The van der Waals surface area contributed by atoms with Gasteiger partial charge in [-0.1, -0.05) is 60.2 Å². The first-order chi connectivity index (χ1) is 20.0. The molecule has 1 aliphatic rings. The second-order valence-corrected chi connectivity index (χ2v) is 10.2. The Labute approximate surface area is 243 Å². The predicted molar refractivity (Wildman–Crippen MR) is 160 cm³/mol. The van der Waals surface area contributed by atoms with E-state index in [4.69, 9.17) is 14.2 Å². The number of nitrogens with one attached hydrogen (secondary N) is 1. The summed E-state index contributed by atoms with van der Waals surface area (Å²) in [6.45, 7) is 0.794. The van der Waals surface area contributed by atoms with Gasteiger partial charge < -0.3 is 24.4 Å². The summed E-state index contributed by atoms with van der Waals surface area (Å²) in [7, 11) is 4.76. The van der Waals surface area contributed by atoms with Crippen molar-refractivity contribution in [2.75, 3.05) is 27.9 Å². The van der Waals surface area contributed by atoms with Crippen molar-refractivity contribution in [3.8, 4) is 17.2 Å². The highest BCUT2D eigenvalue weighted by Crippen LogP contribution is 2.30. The zero-order chi connectivity index (χ0) is 29.0. The van der Waals surface area contributed by atoms with Gasteiger partial charge in [-0.25, -0.2) is 0 Å². The van der Waals surface area contributed by atoms with Crippen LogP contribution in [-0.4, -0.2) is 44.6 Å². The summed E-state index contributed by atoms with van der Waals surface area (Å²) in [6.07, 6.45) is 7.85. The Morgan fingerprint density at radius 1 is 0.854 bits per heavy atom. The summed E-state index contributed by atoms with van der Waals surface area (Å²) < 4.78 is 16.1. The van der Waals surface area contributed by atoms with Gasteiger partial charge in [0.1, 0.15) is 11.8 Å². The van der Waals surface area contributed by atoms with E-state index in [2.05, 4.69) is 11.4 Å². The van der Waals surface area contributed by atoms with Crippen molar-refractivity contribution < 1.29 is 23.8 Å². The number of amides is 2. The Balaban J connectivity index is 1.63. The maximum atomic E-state index is 14.1. The molecule has 41 heavy (non-hydrogen) atoms. The highest BCUT2D eigenvalue weighted by molar-refractivity contribution is 5.89. The number of hydrogen-bond donors (Lipinski definition) is 1. The smallest absolute Gasteiger partial charge is 0.247 e. The van der Waals surface area contributed by atoms with Crippen LogP contribution in [0.1, 0.15) is 54.8 Å². The van der Waals surface area contributed by atoms with Crippen LogP contribution in [0.3, 0.4) is 0 Å². The van der Waals surface area contributed by atoms with E-state index < -0.39 is 6.04 Å². The molecule has 0 bridgehead atoms. The van der Waals surface area contributed by atoms with E-state index >= 15 is 0 Å². The molecule has 4 rings (SSSR count). The van der Waals surface area contributed by atoms with Crippen LogP contribution in [0.25, 0.3) is 0 Å². The number of hydrogen-bond acceptors (Lipinski definition) is 5. The summed E-state index contributed by atoms with van der Waals surface area (Å²) >= 11 is 0. The van der Waals surface area contributed by atoms with E-state index in [0.717, 1.165) is 41.7 Å². The normalized spacial score (nSPS) is 13.5. The molecule has 7 nitrogen and oxygen atoms in total. The molecule has 0 radical (unpaired) electrons. The quantitative estimate of drug-likeness (QED) is 0.260. The number of rotatable bonds is 13. The fourth-order valence-electron chi connectivity index (χ4n) is 5.20. The molecule has 0 heterocycles. The molecule has 7 heteroatoms. The molecular formula is C34H40N2O5. The first kappa shape index (κ1) is 29.7. The lowest BCUT2D eigenvalue weighted by molar-refractivity contribution is -0.141. The number of nitrogens with zero attached hydrogens (tertiary/aromatic N) is 1. The lowest BCUT2D eigenvalue weighted by Gasteiger charge is -2.32. The minimum absolute atomic E-state index is 0.0972. The third-order valence-electron chi connectivity index (χ3n) is 7.44. The second kappa shape index (κ2) is 14.9. The van der Waals surface area contributed by atoms with Crippen LogP contribution in [0.4, 0.5) is 0 Å². The zero-order valence-electron chi connectivity index (χ0n) is 24.2. The van der Waals surface area contributed by atoms with Crippen LogP contribution in [0.2, 0.25) is 0 Å². The van der Waals surface area contributed by atoms with E-state index in [-0.39, 0.29) is 24.8 Å². The van der Waals surface area contributed by atoms with Crippen molar-refractivity contribution in [3.05, 3.63) is 101 Å². The zero-order valence-corrected chi connectivity index (χ0v) is 24.2. The highest BCUT2D eigenvalue weighted by Gasteiger charge is 2.31. The van der Waals surface area contributed by atoms with E-state index in [1.54, 1.807) is 38.4 Å². The van der Waals surface area contributed by atoms with Gasteiger partial charge >= 0.3 is 0 Å². The summed E-state index contributed by atoms with van der Waals surface area (Å²) in [6, 6.07) is 21.7. The van der Waals surface area contributed by atoms with Crippen molar-refractivity contribution in [1.29, 1.82) is 0 Å². The maximum Gasteiger partial charge on any atom is 0.247 e. The number of ether oxygens (including phenoxy) is 3. The molecule has 1 atom stereocenters. The van der Waals surface area contributed by atoms with Gasteiger partial charge in [0, 0.05) is 13.1 Å². The monoisotopic (exact) mass is 556 g/mol. The lowest BCUT2D eigenvalue weighted by atomic mass is 9.97. The standard InChI is InChI=1S/C34H40N2O5/c1-39-29-17-14-26(15-18-29)24-36(32(37)23-27-16-19-30(40-2)31(22-27)41-3)33(28-12-8-5-9-13-28)34(38)35-21-20-25-10-6-4-7-11-25/h5,8-10,12-19,22,33H,4,6-7,11,20-21,23-24H2,1-3H3,(H,35,38)/t33-/m1/s1. The fourth-order valence-corrected chi connectivity index (χ4v) is 5.20. The molecule has 0 spiro atoms. The third kappa shape index (κ3) is 8.13. The average Bonchev–Trinajstić information content (AvgIpc) is 3.02. The highest BCUT2D eigenvalue weighted by atomic mass is 16.5. The first-order valence-corrected chi connectivity index (χ1v) is 14.2. The Morgan fingerprint density at radius 3 is 2.24 bits per heavy atom. The molecule has 0 aromatic heterocycles. The van der Waals surface area contributed by atoms with Crippen LogP contribution in [0.5, 0.6) is 17.2 Å². The molecule has 0 fully saturated rings. The largest absolute Gasteiger partial charge is 0.497 e. The summed E-state index contributed by atoms with van der Waals surface area (Å²) in [4.78, 5) is 29.6. The van der Waals surface area contributed by atoms with Gasteiger partial charge in [0.2, 0.25) is 11.8 Å². The van der Waals surface area contributed by atoms with E-state index in [9.17, 15) is 9.59 Å². The van der Waals surface area contributed by atoms with Gasteiger partial charge in [0.15, 0.2) is 11.5 Å². The third-order valence-corrected chi connectivity index (χ3v) is 7.44. The topological polar surface area (TPSA) is 77.1 Å². The van der Waals surface area contributed by atoms with Crippen LogP contribution in [0, 0.1) is 0 Å². The molecule has 2 amide bonds. The Bertz CT molecular complexity index is 1320. The Morgan fingerprint density at radius 2 is 1.59 bits per heavy atom. The average molecular weight is 557 g/mol. The second-order valence-electron chi connectivity index (χ2n) is 10.2. The fraction of sp³-hybridized carbons (Fsp3) is 0.353. The van der Waals surface area contributed by atoms with Gasteiger partial charge in [-0.3, -0.25) is 9.59 Å². The minimum Gasteiger partial charge on any atom is -0.497 e. The van der Waals surface area contributed by atoms with Crippen molar-refractivity contribution in [3.63, 3.8) is 0 Å². The molecule has 0 saturated heterocycles. The molecule has 1 aliphatic carbocycles. The number of carbonyl (C=O) groups is 2. The van der Waals surface area contributed by atoms with Crippen LogP contribution in [-0.2, 0) is 22.6 Å². The van der Waals surface area contributed by atoms with Crippen LogP contribution < -0.4 is 19.5 Å². The molecule has 0 aliphatic heterocycles. The molecule has 3 aromatic rings. The lowest BCUT2D eigenvalue weighted by Crippen LogP contribution is -2.44. The molecule has 1 N–H and O–H groups in total. The van der Waals surface area contributed by atoms with Gasteiger partial charge in [-0.2, -0.15) is 0 Å². The van der Waals surface area contributed by atoms with E-state index in [1.165, 1.54) is 18.4 Å². The van der Waals surface area contributed by atoms with Gasteiger partial charge in [-0.05, 0) is 73.1 Å². The van der Waals surface area contributed by atoms with E-state index in [1.807, 2.05) is 60.7 Å². The number of methoxy groups -OCH3 is 3. The number of carbonyl (C=O) groups excluding carboxylic acids is 2. The van der Waals surface area contributed by atoms with Crippen molar-refractivity contribution in [2.45, 2.75) is 51.1 Å². The van der Waals surface area contributed by atoms with E-state index in [0.29, 0.717) is 18.0 Å². The first-order valence-electron chi connectivity index (χ1n) is 14.2. The maximum absolute atomic E-state index is 14.1. The Hall–Kier alpha value is -4.26. The minimum atomic E-state index is -0.800.